The van der Waals surface area contributed by atoms with Gasteiger partial charge in [-0.1, -0.05) is 36.4 Å². The third-order valence-corrected chi connectivity index (χ3v) is 4.28. The van der Waals surface area contributed by atoms with Crippen molar-refractivity contribution in [3.63, 3.8) is 0 Å². The molecule has 1 amide bonds. The molecule has 5 heteroatoms. The third kappa shape index (κ3) is 5.33. The normalized spacial score (nSPS) is 10.5. The van der Waals surface area contributed by atoms with Crippen molar-refractivity contribution in [2.24, 2.45) is 0 Å². The molecule has 0 bridgehead atoms. The summed E-state index contributed by atoms with van der Waals surface area (Å²) in [5.74, 6) is 0.495. The molecule has 1 heterocycles. The number of nitrogens with zero attached hydrogens (tertiary/aromatic N) is 1. The summed E-state index contributed by atoms with van der Waals surface area (Å²) in [4.78, 5) is 24.8. The van der Waals surface area contributed by atoms with Crippen LogP contribution in [-0.4, -0.2) is 17.1 Å². The molecular weight excluding hydrogens is 352 g/mol. The van der Waals surface area contributed by atoms with E-state index >= 15 is 0 Å². The molecule has 0 saturated carbocycles. The number of pyridine rings is 1. The van der Waals surface area contributed by atoms with Crippen molar-refractivity contribution in [1.82, 2.24) is 4.57 Å². The summed E-state index contributed by atoms with van der Waals surface area (Å²) in [6.07, 6.45) is 1.88. The van der Waals surface area contributed by atoms with Gasteiger partial charge in [0, 0.05) is 6.20 Å². The molecule has 1 aromatic heterocycles. The fraction of sp³-hybridized carbons (Fsp3) is 0.217. The van der Waals surface area contributed by atoms with E-state index < -0.39 is 0 Å². The molecule has 0 aliphatic rings. The molecule has 2 aromatic carbocycles. The SMILES string of the molecule is Cc1cc(C)cc(OCCC(=O)Nc2cccn(Cc3ccccc3)c2=O)c1. The second kappa shape index (κ2) is 9.04. The number of benzene rings is 2. The van der Waals surface area contributed by atoms with Crippen LogP contribution in [0.5, 0.6) is 5.75 Å². The highest BCUT2D eigenvalue weighted by atomic mass is 16.5. The van der Waals surface area contributed by atoms with Gasteiger partial charge in [0.2, 0.25) is 5.91 Å². The molecule has 1 N–H and O–H groups in total. The van der Waals surface area contributed by atoms with Crippen LogP contribution in [0.3, 0.4) is 0 Å². The van der Waals surface area contributed by atoms with Gasteiger partial charge in [0.15, 0.2) is 0 Å². The molecule has 28 heavy (non-hydrogen) atoms. The van der Waals surface area contributed by atoms with Crippen molar-refractivity contribution in [2.45, 2.75) is 26.8 Å². The predicted molar refractivity (Wildman–Crippen MR) is 111 cm³/mol. The molecule has 0 aliphatic heterocycles. The Balaban J connectivity index is 1.58. The Morgan fingerprint density at radius 3 is 2.43 bits per heavy atom. The monoisotopic (exact) mass is 376 g/mol. The van der Waals surface area contributed by atoms with E-state index in [1.54, 1.807) is 22.9 Å². The molecule has 0 radical (unpaired) electrons. The molecule has 0 saturated heterocycles. The van der Waals surface area contributed by atoms with Gasteiger partial charge in [-0.15, -0.1) is 0 Å². The van der Waals surface area contributed by atoms with Gasteiger partial charge in [-0.3, -0.25) is 9.59 Å². The standard InChI is InChI=1S/C23H24N2O3/c1-17-13-18(2)15-20(14-17)28-12-10-22(26)24-21-9-6-11-25(23(21)27)16-19-7-4-3-5-8-19/h3-9,11,13-15H,10,12,16H2,1-2H3,(H,24,26). The average Bonchev–Trinajstić information content (AvgIpc) is 2.65. The van der Waals surface area contributed by atoms with Gasteiger partial charge in [-0.25, -0.2) is 0 Å². The summed E-state index contributed by atoms with van der Waals surface area (Å²) >= 11 is 0. The minimum Gasteiger partial charge on any atom is -0.493 e. The summed E-state index contributed by atoms with van der Waals surface area (Å²) in [6.45, 7) is 4.71. The number of carbonyl (C=O) groups excluding carboxylic acids is 1. The van der Waals surface area contributed by atoms with Crippen molar-refractivity contribution in [3.05, 3.63) is 93.9 Å². The summed E-state index contributed by atoms with van der Waals surface area (Å²) in [5, 5.41) is 2.69. The third-order valence-electron chi connectivity index (χ3n) is 4.28. The summed E-state index contributed by atoms with van der Waals surface area (Å²) < 4.78 is 7.25. The highest BCUT2D eigenvalue weighted by molar-refractivity contribution is 5.90. The first-order valence-electron chi connectivity index (χ1n) is 9.25. The zero-order valence-electron chi connectivity index (χ0n) is 16.1. The van der Waals surface area contributed by atoms with Crippen molar-refractivity contribution in [2.75, 3.05) is 11.9 Å². The lowest BCUT2D eigenvalue weighted by Crippen LogP contribution is -2.26. The van der Waals surface area contributed by atoms with Crippen LogP contribution in [0, 0.1) is 13.8 Å². The summed E-state index contributed by atoms with van der Waals surface area (Å²) in [7, 11) is 0. The number of carbonyl (C=O) groups is 1. The van der Waals surface area contributed by atoms with E-state index in [0.717, 1.165) is 22.4 Å². The smallest absolute Gasteiger partial charge is 0.274 e. The largest absolute Gasteiger partial charge is 0.493 e. The van der Waals surface area contributed by atoms with Crippen LogP contribution in [0.2, 0.25) is 0 Å². The maximum atomic E-state index is 12.6. The Labute approximate surface area is 164 Å². The molecule has 0 fully saturated rings. The minimum atomic E-state index is -0.251. The fourth-order valence-corrected chi connectivity index (χ4v) is 3.03. The summed E-state index contributed by atoms with van der Waals surface area (Å²) in [6, 6.07) is 19.0. The highest BCUT2D eigenvalue weighted by Gasteiger charge is 2.08. The first kappa shape index (κ1) is 19.4. The van der Waals surface area contributed by atoms with Crippen LogP contribution in [-0.2, 0) is 11.3 Å². The summed E-state index contributed by atoms with van der Waals surface area (Å²) in [5.41, 5.74) is 3.30. The van der Waals surface area contributed by atoms with Gasteiger partial charge in [-0.2, -0.15) is 0 Å². The van der Waals surface area contributed by atoms with E-state index in [9.17, 15) is 9.59 Å². The van der Waals surface area contributed by atoms with E-state index in [1.165, 1.54) is 0 Å². The second-order valence-corrected chi connectivity index (χ2v) is 6.81. The van der Waals surface area contributed by atoms with Gasteiger partial charge in [0.05, 0.1) is 19.6 Å². The average molecular weight is 376 g/mol. The van der Waals surface area contributed by atoms with Crippen molar-refractivity contribution in [1.29, 1.82) is 0 Å². The van der Waals surface area contributed by atoms with E-state index in [0.29, 0.717) is 6.54 Å². The number of ether oxygens (including phenoxy) is 1. The lowest BCUT2D eigenvalue weighted by molar-refractivity contribution is -0.116. The lowest BCUT2D eigenvalue weighted by atomic mass is 10.1. The number of anilines is 1. The number of nitrogens with one attached hydrogen (secondary N) is 1. The Hall–Kier alpha value is -3.34. The van der Waals surface area contributed by atoms with E-state index in [1.807, 2.05) is 56.3 Å². The molecule has 144 valence electrons. The fourth-order valence-electron chi connectivity index (χ4n) is 3.03. The minimum absolute atomic E-state index is 0.167. The zero-order valence-corrected chi connectivity index (χ0v) is 16.1. The predicted octanol–water partition coefficient (Wildman–Crippen LogP) is 3.92. The molecule has 0 atom stereocenters. The van der Waals surface area contributed by atoms with Gasteiger partial charge in [0.1, 0.15) is 11.4 Å². The molecule has 3 aromatic rings. The number of aromatic nitrogens is 1. The van der Waals surface area contributed by atoms with Crippen molar-refractivity contribution >= 4 is 11.6 Å². The number of amides is 1. The second-order valence-electron chi connectivity index (χ2n) is 6.81. The van der Waals surface area contributed by atoms with Gasteiger partial charge in [-0.05, 0) is 54.8 Å². The van der Waals surface area contributed by atoms with Gasteiger partial charge < -0.3 is 14.6 Å². The molecule has 5 nitrogen and oxygen atoms in total. The number of hydrogen-bond donors (Lipinski definition) is 1. The molecular formula is C23H24N2O3. The van der Waals surface area contributed by atoms with Crippen LogP contribution in [0.1, 0.15) is 23.1 Å². The number of aryl methyl sites for hydroxylation is 2. The number of hydrogen-bond acceptors (Lipinski definition) is 3. The van der Waals surface area contributed by atoms with Crippen LogP contribution in [0.15, 0.2) is 71.7 Å². The Morgan fingerprint density at radius 2 is 1.71 bits per heavy atom. The molecule has 0 unspecified atom stereocenters. The first-order valence-corrected chi connectivity index (χ1v) is 9.25. The zero-order chi connectivity index (χ0) is 19.9. The van der Waals surface area contributed by atoms with E-state index in [4.69, 9.17) is 4.74 Å². The maximum absolute atomic E-state index is 12.6. The highest BCUT2D eigenvalue weighted by Crippen LogP contribution is 2.16. The Bertz CT molecular complexity index is 990. The van der Waals surface area contributed by atoms with Gasteiger partial charge in [0.25, 0.3) is 5.56 Å². The van der Waals surface area contributed by atoms with Crippen LogP contribution >= 0.6 is 0 Å². The van der Waals surface area contributed by atoms with Crippen LogP contribution in [0.25, 0.3) is 0 Å². The van der Waals surface area contributed by atoms with Crippen LogP contribution in [0.4, 0.5) is 5.69 Å². The quantitative estimate of drug-likeness (QED) is 0.680. The van der Waals surface area contributed by atoms with Gasteiger partial charge >= 0.3 is 0 Å². The first-order chi connectivity index (χ1) is 13.5. The van der Waals surface area contributed by atoms with Crippen LogP contribution < -0.4 is 15.6 Å². The molecule has 0 aliphatic carbocycles. The van der Waals surface area contributed by atoms with E-state index in [-0.39, 0.29) is 30.2 Å². The Kier molecular flexibility index (Phi) is 6.27. The molecule has 0 spiro atoms. The van der Waals surface area contributed by atoms with Crippen molar-refractivity contribution in [3.8, 4) is 5.75 Å². The lowest BCUT2D eigenvalue weighted by Gasteiger charge is -2.10. The van der Waals surface area contributed by atoms with Crippen molar-refractivity contribution < 1.29 is 9.53 Å². The molecule has 3 rings (SSSR count). The number of rotatable bonds is 7. The van der Waals surface area contributed by atoms with E-state index in [2.05, 4.69) is 11.4 Å². The Morgan fingerprint density at radius 1 is 1.00 bits per heavy atom. The topological polar surface area (TPSA) is 60.3 Å². The maximum Gasteiger partial charge on any atom is 0.274 e.